The van der Waals surface area contributed by atoms with Crippen molar-refractivity contribution < 1.29 is 14.4 Å². The Kier molecular flexibility index (Phi) is 3.06. The van der Waals surface area contributed by atoms with Crippen LogP contribution in [0.25, 0.3) is 0 Å². The van der Waals surface area contributed by atoms with Gasteiger partial charge in [0.25, 0.3) is 5.91 Å². The van der Waals surface area contributed by atoms with Crippen LogP contribution in [0.4, 0.5) is 0 Å². The topological polar surface area (TPSA) is 71.0 Å². The normalized spacial score (nSPS) is 18.4. The van der Waals surface area contributed by atoms with Crippen molar-refractivity contribution in [2.75, 3.05) is 6.54 Å². The number of β-lactam (4-membered cyclic amide) rings is 1. The average molecular weight is 199 g/mol. The predicted octanol–water partition coefficient (Wildman–Crippen LogP) is -0.339. The summed E-state index contributed by atoms with van der Waals surface area (Å²) in [7, 11) is 0. The van der Waals surface area contributed by atoms with Crippen LogP contribution in [0.5, 0.6) is 0 Å². The van der Waals surface area contributed by atoms with Gasteiger partial charge in [-0.3, -0.25) is 15.0 Å². The smallest absolute Gasteiger partial charge is 0.292 e. The van der Waals surface area contributed by atoms with Crippen molar-refractivity contribution in [3.63, 3.8) is 0 Å². The molecule has 1 heterocycles. The maximum Gasteiger partial charge on any atom is 0.292 e. The Labute approximate surface area is 81.9 Å². The van der Waals surface area contributed by atoms with E-state index in [1.54, 1.807) is 0 Å². The second-order valence-corrected chi connectivity index (χ2v) is 3.25. The Morgan fingerprint density at radius 3 is 2.71 bits per heavy atom. The Bertz CT molecular complexity index is 286. The predicted molar refractivity (Wildman–Crippen MR) is 49.2 cm³/mol. The van der Waals surface area contributed by atoms with E-state index in [1.165, 1.54) is 11.9 Å². The van der Waals surface area contributed by atoms with Gasteiger partial charge in [0.05, 0.1) is 6.54 Å². The van der Waals surface area contributed by atoms with Crippen LogP contribution in [0.1, 0.15) is 20.8 Å². The zero-order valence-electron chi connectivity index (χ0n) is 8.40. The molecule has 1 saturated heterocycles. The first-order chi connectivity index (χ1) is 6.50. The van der Waals surface area contributed by atoms with E-state index in [0.29, 0.717) is 12.3 Å². The molecule has 78 valence electrons. The molecule has 0 spiro atoms. The molecule has 6 nitrogen and oxygen atoms in total. The minimum Gasteiger partial charge on any atom is -0.393 e. The largest absolute Gasteiger partial charge is 0.393 e. The standard InChI is InChI=1S/C8H13N3O3/c1-5(2)14-10-7-4-11(8(7)13)9-6(3)12/h5H,4H2,1-3H3,(H,9,12). The summed E-state index contributed by atoms with van der Waals surface area (Å²) < 4.78 is 0. The van der Waals surface area contributed by atoms with Crippen molar-refractivity contribution in [1.29, 1.82) is 0 Å². The number of nitrogens with zero attached hydrogens (tertiary/aromatic N) is 2. The van der Waals surface area contributed by atoms with Gasteiger partial charge in [-0.25, -0.2) is 5.01 Å². The molecule has 0 bridgehead atoms. The third-order valence-electron chi connectivity index (χ3n) is 1.47. The van der Waals surface area contributed by atoms with Gasteiger partial charge in [0.1, 0.15) is 6.10 Å². The maximum atomic E-state index is 11.2. The van der Waals surface area contributed by atoms with Crippen LogP contribution in [-0.2, 0) is 14.4 Å². The summed E-state index contributed by atoms with van der Waals surface area (Å²) in [5, 5.41) is 4.83. The molecule has 1 aliphatic heterocycles. The highest BCUT2D eigenvalue weighted by molar-refractivity contribution is 6.45. The second-order valence-electron chi connectivity index (χ2n) is 3.25. The van der Waals surface area contributed by atoms with Crippen LogP contribution >= 0.6 is 0 Å². The van der Waals surface area contributed by atoms with Gasteiger partial charge in [-0.05, 0) is 13.8 Å². The van der Waals surface area contributed by atoms with Crippen LogP contribution in [0.2, 0.25) is 0 Å². The van der Waals surface area contributed by atoms with Crippen LogP contribution in [0.3, 0.4) is 0 Å². The third-order valence-corrected chi connectivity index (χ3v) is 1.47. The highest BCUT2D eigenvalue weighted by atomic mass is 16.6. The molecule has 1 N–H and O–H groups in total. The Morgan fingerprint density at radius 1 is 1.64 bits per heavy atom. The Hall–Kier alpha value is -1.59. The zero-order valence-corrected chi connectivity index (χ0v) is 8.40. The van der Waals surface area contributed by atoms with Gasteiger partial charge in [-0.1, -0.05) is 5.16 Å². The molecule has 0 aromatic carbocycles. The first kappa shape index (κ1) is 10.5. The molecule has 14 heavy (non-hydrogen) atoms. The molecule has 0 aliphatic carbocycles. The zero-order chi connectivity index (χ0) is 10.7. The molecule has 0 aromatic heterocycles. The lowest BCUT2D eigenvalue weighted by molar-refractivity contribution is -0.138. The Balaban J connectivity index is 2.40. The molecule has 0 radical (unpaired) electrons. The summed E-state index contributed by atoms with van der Waals surface area (Å²) in [5.74, 6) is -0.594. The van der Waals surface area contributed by atoms with Crippen molar-refractivity contribution in [3.8, 4) is 0 Å². The fourth-order valence-electron chi connectivity index (χ4n) is 0.871. The van der Waals surface area contributed by atoms with Gasteiger partial charge in [-0.15, -0.1) is 0 Å². The minimum atomic E-state index is -0.319. The number of hydrogen-bond acceptors (Lipinski definition) is 4. The molecule has 1 aliphatic rings. The monoisotopic (exact) mass is 199 g/mol. The first-order valence-electron chi connectivity index (χ1n) is 4.32. The SMILES string of the molecule is CC(=O)NN1CC(=NOC(C)C)C1=O. The minimum absolute atomic E-state index is 0.0508. The van der Waals surface area contributed by atoms with Crippen LogP contribution in [0, 0.1) is 0 Å². The number of rotatable bonds is 3. The molecule has 0 atom stereocenters. The van der Waals surface area contributed by atoms with Gasteiger partial charge >= 0.3 is 0 Å². The van der Waals surface area contributed by atoms with Crippen molar-refractivity contribution >= 4 is 17.5 Å². The summed E-state index contributed by atoms with van der Waals surface area (Å²) in [6, 6.07) is 0. The van der Waals surface area contributed by atoms with E-state index in [9.17, 15) is 9.59 Å². The third kappa shape index (κ3) is 2.45. The number of hydrogen-bond donors (Lipinski definition) is 1. The molecule has 1 rings (SSSR count). The van der Waals surface area contributed by atoms with Gasteiger partial charge in [0.2, 0.25) is 5.91 Å². The fraction of sp³-hybridized carbons (Fsp3) is 0.625. The highest BCUT2D eigenvalue weighted by Crippen LogP contribution is 2.04. The highest BCUT2D eigenvalue weighted by Gasteiger charge is 2.34. The van der Waals surface area contributed by atoms with Crippen LogP contribution < -0.4 is 5.43 Å². The number of carbonyl (C=O) groups excluding carboxylic acids is 2. The lowest BCUT2D eigenvalue weighted by Crippen LogP contribution is -2.60. The lowest BCUT2D eigenvalue weighted by atomic mass is 10.2. The number of hydrazine groups is 1. The average Bonchev–Trinajstić information content (AvgIpc) is 2.08. The molecule has 0 saturated carbocycles. The van der Waals surface area contributed by atoms with Crippen molar-refractivity contribution in [2.24, 2.45) is 5.16 Å². The van der Waals surface area contributed by atoms with Gasteiger partial charge < -0.3 is 4.84 Å². The van der Waals surface area contributed by atoms with Crippen molar-refractivity contribution in [3.05, 3.63) is 0 Å². The molecule has 6 heteroatoms. The van der Waals surface area contributed by atoms with Gasteiger partial charge in [0, 0.05) is 6.92 Å². The van der Waals surface area contributed by atoms with E-state index in [0.717, 1.165) is 0 Å². The number of carbonyl (C=O) groups is 2. The molecule has 0 unspecified atom stereocenters. The summed E-state index contributed by atoms with van der Waals surface area (Å²) in [4.78, 5) is 26.7. The second kappa shape index (κ2) is 4.08. The summed E-state index contributed by atoms with van der Waals surface area (Å²) in [5.41, 5.74) is 2.68. The van der Waals surface area contributed by atoms with E-state index in [4.69, 9.17) is 4.84 Å². The number of oxime groups is 1. The van der Waals surface area contributed by atoms with Gasteiger partial charge in [0.15, 0.2) is 5.71 Å². The van der Waals surface area contributed by atoms with E-state index in [1.807, 2.05) is 13.8 Å². The van der Waals surface area contributed by atoms with E-state index >= 15 is 0 Å². The van der Waals surface area contributed by atoms with Crippen molar-refractivity contribution in [2.45, 2.75) is 26.9 Å². The quantitative estimate of drug-likeness (QED) is 0.499. The van der Waals surface area contributed by atoms with Crippen LogP contribution in [0.15, 0.2) is 5.16 Å². The van der Waals surface area contributed by atoms with E-state index < -0.39 is 0 Å². The maximum absolute atomic E-state index is 11.2. The molecular formula is C8H13N3O3. The fourth-order valence-corrected chi connectivity index (χ4v) is 0.871. The Morgan fingerprint density at radius 2 is 2.29 bits per heavy atom. The lowest BCUT2D eigenvalue weighted by Gasteiger charge is -2.30. The summed E-state index contributed by atoms with van der Waals surface area (Å²) >= 11 is 0. The summed E-state index contributed by atoms with van der Waals surface area (Å²) in [6.45, 7) is 5.27. The number of amides is 2. The van der Waals surface area contributed by atoms with E-state index in [-0.39, 0.29) is 17.9 Å². The first-order valence-corrected chi connectivity index (χ1v) is 4.32. The molecule has 2 amide bonds. The van der Waals surface area contributed by atoms with Gasteiger partial charge in [-0.2, -0.15) is 0 Å². The van der Waals surface area contributed by atoms with Crippen molar-refractivity contribution in [1.82, 2.24) is 10.4 Å². The molecule has 1 fully saturated rings. The van der Waals surface area contributed by atoms with E-state index in [2.05, 4.69) is 10.6 Å². The number of nitrogens with one attached hydrogen (secondary N) is 1. The molecular weight excluding hydrogens is 186 g/mol. The van der Waals surface area contributed by atoms with Crippen LogP contribution in [-0.4, -0.2) is 35.2 Å². The molecule has 0 aromatic rings. The summed E-state index contributed by atoms with van der Waals surface area (Å²) in [6.07, 6.45) is -0.0508.